The van der Waals surface area contributed by atoms with Crippen LogP contribution in [0.1, 0.15) is 22.8 Å². The van der Waals surface area contributed by atoms with Gasteiger partial charge in [0.05, 0.1) is 23.4 Å². The quantitative estimate of drug-likeness (QED) is 0.504. The number of halogens is 4. The third-order valence-electron chi connectivity index (χ3n) is 5.47. The first-order valence-electron chi connectivity index (χ1n) is 10.7. The predicted octanol–water partition coefficient (Wildman–Crippen LogP) is 4.66. The molecule has 1 aliphatic rings. The number of carbonyl (C=O) groups is 1. The van der Waals surface area contributed by atoms with E-state index in [-0.39, 0.29) is 13.1 Å². The van der Waals surface area contributed by atoms with Gasteiger partial charge in [-0.2, -0.15) is 13.2 Å². The molecular formula is C24H22F4N4O2. The van der Waals surface area contributed by atoms with Crippen LogP contribution in [0.25, 0.3) is 11.3 Å². The highest BCUT2D eigenvalue weighted by Crippen LogP contribution is 2.33. The van der Waals surface area contributed by atoms with E-state index in [2.05, 4.69) is 9.97 Å². The zero-order chi connectivity index (χ0) is 24.3. The summed E-state index contributed by atoms with van der Waals surface area (Å²) in [4.78, 5) is 24.9. The molecule has 1 amide bonds. The SMILES string of the molecule is CCOc1ccc(-c2ccnc(N3CCN(C(=O)c4ccc(F)cc4C(F)(F)F)CC3)n2)cc1. The van der Waals surface area contributed by atoms with Crippen molar-refractivity contribution in [3.05, 3.63) is 71.7 Å². The van der Waals surface area contributed by atoms with E-state index in [9.17, 15) is 22.4 Å². The van der Waals surface area contributed by atoms with Crippen molar-refractivity contribution in [3.63, 3.8) is 0 Å². The van der Waals surface area contributed by atoms with Gasteiger partial charge in [-0.25, -0.2) is 14.4 Å². The van der Waals surface area contributed by atoms with Gasteiger partial charge in [0, 0.05) is 37.9 Å². The van der Waals surface area contributed by atoms with E-state index < -0.39 is 29.0 Å². The van der Waals surface area contributed by atoms with Gasteiger partial charge in [0.2, 0.25) is 5.95 Å². The van der Waals surface area contributed by atoms with Crippen molar-refractivity contribution in [2.24, 2.45) is 0 Å². The lowest BCUT2D eigenvalue weighted by molar-refractivity contribution is -0.138. The van der Waals surface area contributed by atoms with E-state index >= 15 is 0 Å². The second-order valence-corrected chi connectivity index (χ2v) is 7.67. The standard InChI is InChI=1S/C24H22F4N4O2/c1-2-34-18-6-3-16(4-7-18)21-9-10-29-23(30-21)32-13-11-31(12-14-32)22(33)19-8-5-17(25)15-20(19)24(26,27)28/h3-10,15H,2,11-14H2,1H3. The minimum absolute atomic E-state index is 0.185. The third kappa shape index (κ3) is 5.11. The summed E-state index contributed by atoms with van der Waals surface area (Å²) in [5.41, 5.74) is -0.230. The number of carbonyl (C=O) groups excluding carboxylic acids is 1. The Morgan fingerprint density at radius 1 is 1.03 bits per heavy atom. The fourth-order valence-electron chi connectivity index (χ4n) is 3.77. The molecule has 0 unspecified atom stereocenters. The number of benzene rings is 2. The fraction of sp³-hybridized carbons (Fsp3) is 0.292. The van der Waals surface area contributed by atoms with Crippen molar-refractivity contribution in [2.75, 3.05) is 37.7 Å². The summed E-state index contributed by atoms with van der Waals surface area (Å²) in [5, 5.41) is 0. The molecule has 3 aromatic rings. The van der Waals surface area contributed by atoms with Crippen LogP contribution in [-0.4, -0.2) is 53.6 Å². The molecular weight excluding hydrogens is 452 g/mol. The maximum absolute atomic E-state index is 13.4. The number of nitrogens with zero attached hydrogens (tertiary/aromatic N) is 4. The number of hydrogen-bond donors (Lipinski definition) is 0. The van der Waals surface area contributed by atoms with Gasteiger partial charge in [-0.1, -0.05) is 0 Å². The minimum atomic E-state index is -4.83. The van der Waals surface area contributed by atoms with Crippen molar-refractivity contribution in [1.29, 1.82) is 0 Å². The van der Waals surface area contributed by atoms with E-state index in [1.807, 2.05) is 36.1 Å². The van der Waals surface area contributed by atoms with Gasteiger partial charge in [0.1, 0.15) is 11.6 Å². The van der Waals surface area contributed by atoms with Gasteiger partial charge in [-0.15, -0.1) is 0 Å². The van der Waals surface area contributed by atoms with Crippen LogP contribution in [0.15, 0.2) is 54.7 Å². The number of ether oxygens (including phenoxy) is 1. The van der Waals surface area contributed by atoms with Crippen LogP contribution in [0.2, 0.25) is 0 Å². The number of rotatable bonds is 5. The monoisotopic (exact) mass is 474 g/mol. The number of aromatic nitrogens is 2. The predicted molar refractivity (Wildman–Crippen MR) is 118 cm³/mol. The van der Waals surface area contributed by atoms with Crippen LogP contribution < -0.4 is 9.64 Å². The molecule has 178 valence electrons. The van der Waals surface area contributed by atoms with Gasteiger partial charge >= 0.3 is 6.18 Å². The highest BCUT2D eigenvalue weighted by Gasteiger charge is 2.37. The first-order chi connectivity index (χ1) is 16.3. The number of piperazine rings is 1. The Morgan fingerprint density at radius 2 is 1.74 bits per heavy atom. The lowest BCUT2D eigenvalue weighted by Gasteiger charge is -2.35. The van der Waals surface area contributed by atoms with Crippen LogP contribution in [0.5, 0.6) is 5.75 Å². The maximum Gasteiger partial charge on any atom is 0.417 e. The molecule has 6 nitrogen and oxygen atoms in total. The molecule has 0 aliphatic carbocycles. The molecule has 2 heterocycles. The third-order valence-corrected chi connectivity index (χ3v) is 5.47. The van der Waals surface area contributed by atoms with Crippen molar-refractivity contribution in [2.45, 2.75) is 13.1 Å². The van der Waals surface area contributed by atoms with Gasteiger partial charge in [0.15, 0.2) is 0 Å². The minimum Gasteiger partial charge on any atom is -0.494 e. The second kappa shape index (κ2) is 9.66. The summed E-state index contributed by atoms with van der Waals surface area (Å²) in [5.74, 6) is -0.596. The molecule has 0 radical (unpaired) electrons. The highest BCUT2D eigenvalue weighted by atomic mass is 19.4. The summed E-state index contributed by atoms with van der Waals surface area (Å²) in [7, 11) is 0. The first kappa shape index (κ1) is 23.5. The van der Waals surface area contributed by atoms with E-state index in [1.54, 1.807) is 12.3 Å². The molecule has 0 saturated carbocycles. The van der Waals surface area contributed by atoms with Crippen LogP contribution in [0.4, 0.5) is 23.5 Å². The Hall–Kier alpha value is -3.69. The normalized spacial score (nSPS) is 14.3. The van der Waals surface area contributed by atoms with Gasteiger partial charge in [0.25, 0.3) is 5.91 Å². The van der Waals surface area contributed by atoms with Gasteiger partial charge in [-0.3, -0.25) is 4.79 Å². The molecule has 4 rings (SSSR count). The average molecular weight is 474 g/mol. The molecule has 0 N–H and O–H groups in total. The van der Waals surface area contributed by atoms with Crippen molar-refractivity contribution >= 4 is 11.9 Å². The first-order valence-corrected chi connectivity index (χ1v) is 10.7. The molecule has 1 aliphatic heterocycles. The summed E-state index contributed by atoms with van der Waals surface area (Å²) < 4.78 is 58.8. The highest BCUT2D eigenvalue weighted by molar-refractivity contribution is 5.96. The lowest BCUT2D eigenvalue weighted by Crippen LogP contribution is -2.49. The Labute approximate surface area is 193 Å². The molecule has 1 fully saturated rings. The molecule has 2 aromatic carbocycles. The Morgan fingerprint density at radius 3 is 2.38 bits per heavy atom. The van der Waals surface area contributed by atoms with E-state index in [0.717, 1.165) is 23.4 Å². The number of amides is 1. The summed E-state index contributed by atoms with van der Waals surface area (Å²) >= 11 is 0. The molecule has 1 aromatic heterocycles. The molecule has 0 bridgehead atoms. The number of hydrogen-bond acceptors (Lipinski definition) is 5. The fourth-order valence-corrected chi connectivity index (χ4v) is 3.77. The second-order valence-electron chi connectivity index (χ2n) is 7.67. The summed E-state index contributed by atoms with van der Waals surface area (Å²) in [6.45, 7) is 3.55. The Kier molecular flexibility index (Phi) is 6.67. The molecule has 0 spiro atoms. The average Bonchev–Trinajstić information content (AvgIpc) is 2.84. The van der Waals surface area contributed by atoms with Crippen LogP contribution >= 0.6 is 0 Å². The zero-order valence-electron chi connectivity index (χ0n) is 18.3. The molecule has 10 heteroatoms. The Balaban J connectivity index is 1.46. The maximum atomic E-state index is 13.4. The smallest absolute Gasteiger partial charge is 0.417 e. The molecule has 0 atom stereocenters. The molecule has 1 saturated heterocycles. The summed E-state index contributed by atoms with van der Waals surface area (Å²) in [6.07, 6.45) is -3.19. The van der Waals surface area contributed by atoms with E-state index in [0.29, 0.717) is 37.4 Å². The van der Waals surface area contributed by atoms with E-state index in [1.165, 1.54) is 4.90 Å². The van der Waals surface area contributed by atoms with Crippen LogP contribution in [0.3, 0.4) is 0 Å². The van der Waals surface area contributed by atoms with Crippen molar-refractivity contribution < 1.29 is 27.1 Å². The van der Waals surface area contributed by atoms with Gasteiger partial charge in [-0.05, 0) is 55.5 Å². The van der Waals surface area contributed by atoms with E-state index in [4.69, 9.17) is 4.74 Å². The number of alkyl halides is 3. The van der Waals surface area contributed by atoms with Crippen molar-refractivity contribution in [3.8, 4) is 17.0 Å². The van der Waals surface area contributed by atoms with Crippen LogP contribution in [-0.2, 0) is 6.18 Å². The topological polar surface area (TPSA) is 58.6 Å². The van der Waals surface area contributed by atoms with Crippen LogP contribution in [0, 0.1) is 5.82 Å². The zero-order valence-corrected chi connectivity index (χ0v) is 18.3. The summed E-state index contributed by atoms with van der Waals surface area (Å²) in [6, 6.07) is 11.4. The lowest BCUT2D eigenvalue weighted by atomic mass is 10.0. The Bertz CT molecular complexity index is 1160. The largest absolute Gasteiger partial charge is 0.494 e. The number of anilines is 1. The molecule has 34 heavy (non-hydrogen) atoms. The van der Waals surface area contributed by atoms with Crippen molar-refractivity contribution in [1.82, 2.24) is 14.9 Å². The van der Waals surface area contributed by atoms with Gasteiger partial charge < -0.3 is 14.5 Å².